The van der Waals surface area contributed by atoms with Crippen molar-refractivity contribution in [2.45, 2.75) is 20.1 Å². The second kappa shape index (κ2) is 6.19. The third kappa shape index (κ3) is 3.28. The van der Waals surface area contributed by atoms with Crippen LogP contribution in [0.15, 0.2) is 43.0 Å². The zero-order chi connectivity index (χ0) is 16.3. The molecule has 0 amide bonds. The van der Waals surface area contributed by atoms with Crippen LogP contribution in [0, 0.1) is 5.41 Å². The van der Waals surface area contributed by atoms with Crippen molar-refractivity contribution < 1.29 is 19.4 Å². The highest BCUT2D eigenvalue weighted by Gasteiger charge is 2.42. The molecule has 0 aliphatic carbocycles. The fourth-order valence-corrected chi connectivity index (χ4v) is 1.84. The number of Topliss-reactive ketones (excluding diaryl/α,β-unsaturated/α-hetero) is 1. The van der Waals surface area contributed by atoms with Crippen molar-refractivity contribution in [1.82, 2.24) is 9.55 Å². The number of nitrogens with zero attached hydrogens (tertiary/aromatic N) is 2. The standard InChI is InChI=1S/C15H15ClN2O4/c1-15(2,14(20)21)12(19)13(18-8-7-17-9-18)22-11-5-3-10(16)4-6-11/h3-9,13H,1-2H3,(H,20,21). The molecular formula is C15H15ClN2O4. The average molecular weight is 323 g/mol. The lowest BCUT2D eigenvalue weighted by molar-refractivity contribution is -0.157. The molecule has 0 fully saturated rings. The Labute approximate surface area is 132 Å². The van der Waals surface area contributed by atoms with Crippen LogP contribution in [0.2, 0.25) is 5.02 Å². The predicted molar refractivity (Wildman–Crippen MR) is 79.8 cm³/mol. The van der Waals surface area contributed by atoms with E-state index in [1.54, 1.807) is 24.3 Å². The van der Waals surface area contributed by atoms with Gasteiger partial charge in [-0.2, -0.15) is 0 Å². The topological polar surface area (TPSA) is 81.4 Å². The lowest BCUT2D eigenvalue weighted by atomic mass is 9.87. The fraction of sp³-hybridized carbons (Fsp3) is 0.267. The van der Waals surface area contributed by atoms with Gasteiger partial charge < -0.3 is 9.84 Å². The highest BCUT2D eigenvalue weighted by atomic mass is 35.5. The normalized spacial score (nSPS) is 12.7. The van der Waals surface area contributed by atoms with Crippen LogP contribution in [0.1, 0.15) is 20.1 Å². The number of hydrogen-bond acceptors (Lipinski definition) is 4. The summed E-state index contributed by atoms with van der Waals surface area (Å²) in [7, 11) is 0. The summed E-state index contributed by atoms with van der Waals surface area (Å²) in [5.74, 6) is -1.41. The number of ketones is 1. The molecule has 1 aromatic carbocycles. The van der Waals surface area contributed by atoms with Crippen LogP contribution >= 0.6 is 11.6 Å². The minimum Gasteiger partial charge on any atom is -0.481 e. The van der Waals surface area contributed by atoms with Crippen LogP contribution in [0.3, 0.4) is 0 Å². The molecule has 0 aliphatic rings. The molecule has 1 atom stereocenters. The number of halogens is 1. The summed E-state index contributed by atoms with van der Waals surface area (Å²) in [6.07, 6.45) is 3.29. The maximum absolute atomic E-state index is 12.6. The number of benzene rings is 1. The van der Waals surface area contributed by atoms with Gasteiger partial charge in [0.15, 0.2) is 0 Å². The third-order valence-corrected chi connectivity index (χ3v) is 3.48. The summed E-state index contributed by atoms with van der Waals surface area (Å²) in [5, 5.41) is 9.77. The van der Waals surface area contributed by atoms with Crippen molar-refractivity contribution in [2.24, 2.45) is 5.41 Å². The Morgan fingerprint density at radius 2 is 1.95 bits per heavy atom. The van der Waals surface area contributed by atoms with Gasteiger partial charge in [0, 0.05) is 17.4 Å². The molecule has 0 bridgehead atoms. The van der Waals surface area contributed by atoms with Gasteiger partial charge in [0.25, 0.3) is 0 Å². The number of carbonyl (C=O) groups is 2. The fourth-order valence-electron chi connectivity index (χ4n) is 1.71. The lowest BCUT2D eigenvalue weighted by Crippen LogP contribution is -2.40. The molecule has 1 heterocycles. The summed E-state index contributed by atoms with van der Waals surface area (Å²) in [6.45, 7) is 2.68. The number of carboxylic acid groups (broad SMARTS) is 1. The van der Waals surface area contributed by atoms with Gasteiger partial charge >= 0.3 is 5.97 Å². The molecule has 22 heavy (non-hydrogen) atoms. The van der Waals surface area contributed by atoms with E-state index >= 15 is 0 Å². The molecule has 0 radical (unpaired) electrons. The average Bonchev–Trinajstić information content (AvgIpc) is 2.99. The number of ether oxygens (including phenoxy) is 1. The van der Waals surface area contributed by atoms with Gasteiger partial charge in [0.1, 0.15) is 11.2 Å². The van der Waals surface area contributed by atoms with E-state index in [2.05, 4.69) is 4.98 Å². The van der Waals surface area contributed by atoms with Gasteiger partial charge in [-0.1, -0.05) is 11.6 Å². The van der Waals surface area contributed by atoms with Crippen molar-refractivity contribution in [3.63, 3.8) is 0 Å². The molecule has 0 spiro atoms. The number of rotatable bonds is 6. The van der Waals surface area contributed by atoms with Crippen LogP contribution < -0.4 is 4.74 Å². The number of hydrogen-bond donors (Lipinski definition) is 1. The van der Waals surface area contributed by atoms with Crippen molar-refractivity contribution in [1.29, 1.82) is 0 Å². The SMILES string of the molecule is CC(C)(C(=O)O)C(=O)C(Oc1ccc(Cl)cc1)n1ccnc1. The van der Waals surface area contributed by atoms with Crippen LogP contribution in [0.25, 0.3) is 0 Å². The minimum absolute atomic E-state index is 0.401. The van der Waals surface area contributed by atoms with E-state index in [0.29, 0.717) is 10.8 Å². The summed E-state index contributed by atoms with van der Waals surface area (Å²) < 4.78 is 7.08. The molecule has 0 saturated carbocycles. The van der Waals surface area contributed by atoms with Crippen LogP contribution in [0.4, 0.5) is 0 Å². The molecule has 1 aromatic heterocycles. The minimum atomic E-state index is -1.60. The van der Waals surface area contributed by atoms with E-state index < -0.39 is 23.4 Å². The third-order valence-electron chi connectivity index (χ3n) is 3.23. The first-order valence-corrected chi connectivity index (χ1v) is 6.87. The van der Waals surface area contributed by atoms with E-state index in [9.17, 15) is 14.7 Å². The van der Waals surface area contributed by atoms with Crippen molar-refractivity contribution in [3.8, 4) is 5.75 Å². The summed E-state index contributed by atoms with van der Waals surface area (Å²) in [5.41, 5.74) is -1.60. The van der Waals surface area contributed by atoms with Crippen molar-refractivity contribution in [3.05, 3.63) is 48.0 Å². The zero-order valence-corrected chi connectivity index (χ0v) is 12.8. The number of aliphatic carboxylic acids is 1. The van der Waals surface area contributed by atoms with E-state index in [4.69, 9.17) is 16.3 Å². The Morgan fingerprint density at radius 3 is 2.45 bits per heavy atom. The molecule has 2 aromatic rings. The maximum atomic E-state index is 12.6. The molecule has 1 unspecified atom stereocenters. The Hall–Kier alpha value is -2.34. The number of imidazole rings is 1. The monoisotopic (exact) mass is 322 g/mol. The molecule has 0 aliphatic heterocycles. The van der Waals surface area contributed by atoms with Gasteiger partial charge in [-0.3, -0.25) is 14.2 Å². The maximum Gasteiger partial charge on any atom is 0.316 e. The van der Waals surface area contributed by atoms with Crippen LogP contribution in [0.5, 0.6) is 5.75 Å². The molecule has 0 saturated heterocycles. The molecular weight excluding hydrogens is 308 g/mol. The summed E-state index contributed by atoms with van der Waals surface area (Å²) in [4.78, 5) is 27.8. The van der Waals surface area contributed by atoms with Gasteiger partial charge in [0.2, 0.25) is 12.0 Å². The van der Waals surface area contributed by atoms with Gasteiger partial charge in [0.05, 0.1) is 6.33 Å². The van der Waals surface area contributed by atoms with E-state index in [1.807, 2.05) is 0 Å². The van der Waals surface area contributed by atoms with Crippen molar-refractivity contribution in [2.75, 3.05) is 0 Å². The second-order valence-corrected chi connectivity index (χ2v) is 5.66. The first-order valence-electron chi connectivity index (χ1n) is 6.50. The summed E-state index contributed by atoms with van der Waals surface area (Å²) in [6, 6.07) is 6.45. The number of aromatic nitrogens is 2. The lowest BCUT2D eigenvalue weighted by Gasteiger charge is -2.26. The largest absolute Gasteiger partial charge is 0.481 e. The molecule has 116 valence electrons. The second-order valence-electron chi connectivity index (χ2n) is 5.23. The van der Waals surface area contributed by atoms with E-state index in [0.717, 1.165) is 0 Å². The summed E-state index contributed by atoms with van der Waals surface area (Å²) >= 11 is 5.81. The zero-order valence-electron chi connectivity index (χ0n) is 12.1. The van der Waals surface area contributed by atoms with E-state index in [1.165, 1.54) is 37.1 Å². The first-order chi connectivity index (χ1) is 10.3. The predicted octanol–water partition coefficient (Wildman–Crippen LogP) is 2.79. The molecule has 7 heteroatoms. The Morgan fingerprint density at radius 1 is 1.32 bits per heavy atom. The Balaban J connectivity index is 2.34. The van der Waals surface area contributed by atoms with Crippen LogP contribution in [-0.4, -0.2) is 26.4 Å². The smallest absolute Gasteiger partial charge is 0.316 e. The van der Waals surface area contributed by atoms with Gasteiger partial charge in [-0.15, -0.1) is 0 Å². The number of carboxylic acids is 1. The van der Waals surface area contributed by atoms with Gasteiger partial charge in [-0.05, 0) is 38.1 Å². The van der Waals surface area contributed by atoms with Crippen molar-refractivity contribution >= 4 is 23.4 Å². The van der Waals surface area contributed by atoms with Crippen LogP contribution in [-0.2, 0) is 9.59 Å². The first kappa shape index (κ1) is 16.0. The Bertz CT molecular complexity index is 665. The van der Waals surface area contributed by atoms with Gasteiger partial charge in [-0.25, -0.2) is 4.98 Å². The molecule has 6 nitrogen and oxygen atoms in total. The quantitative estimate of drug-likeness (QED) is 0.827. The Kier molecular flexibility index (Phi) is 4.51. The van der Waals surface area contributed by atoms with E-state index in [-0.39, 0.29) is 0 Å². The highest BCUT2D eigenvalue weighted by Crippen LogP contribution is 2.28. The number of carbonyl (C=O) groups excluding carboxylic acids is 1. The molecule has 2 rings (SSSR count). The highest BCUT2D eigenvalue weighted by molar-refractivity contribution is 6.30. The molecule has 1 N–H and O–H groups in total.